The topological polar surface area (TPSA) is 13.1 Å². The highest BCUT2D eigenvalue weighted by atomic mass is 15.1. The second kappa shape index (κ2) is 14.8. The van der Waals surface area contributed by atoms with Gasteiger partial charge >= 0.3 is 0 Å². The van der Waals surface area contributed by atoms with E-state index in [4.69, 9.17) is 0 Å². The van der Waals surface area contributed by atoms with Gasteiger partial charge in [-0.05, 0) is 149 Å². The number of aromatic nitrogens is 2. The van der Waals surface area contributed by atoms with Crippen LogP contribution >= 0.6 is 0 Å². The predicted molar refractivity (Wildman–Crippen MR) is 268 cm³/mol. The Balaban J connectivity index is 0.971. The summed E-state index contributed by atoms with van der Waals surface area (Å²) in [7, 11) is 0. The quantitative estimate of drug-likeness (QED) is 0.156. The summed E-state index contributed by atoms with van der Waals surface area (Å²) < 4.78 is 4.78. The Kier molecular flexibility index (Phi) is 8.62. The summed E-state index contributed by atoms with van der Waals surface area (Å²) >= 11 is 0. The van der Waals surface area contributed by atoms with Crippen LogP contribution in [0.2, 0.25) is 0 Å². The van der Waals surface area contributed by atoms with Crippen molar-refractivity contribution in [1.29, 1.82) is 0 Å². The second-order valence-corrected chi connectivity index (χ2v) is 16.7. The predicted octanol–water partition coefficient (Wildman–Crippen LogP) is 16.5. The van der Waals surface area contributed by atoms with E-state index in [1.165, 1.54) is 93.5 Å². The van der Waals surface area contributed by atoms with E-state index in [-0.39, 0.29) is 0 Å². The normalized spacial score (nSPS) is 11.7. The van der Waals surface area contributed by atoms with Gasteiger partial charge in [0.05, 0.1) is 27.8 Å². The zero-order valence-electron chi connectivity index (χ0n) is 35.2. The lowest BCUT2D eigenvalue weighted by atomic mass is 9.96. The van der Waals surface area contributed by atoms with Gasteiger partial charge in [-0.2, -0.15) is 0 Å². The second-order valence-electron chi connectivity index (χ2n) is 16.7. The fourth-order valence-corrected chi connectivity index (χ4v) is 10.0. The maximum atomic E-state index is 2.43. The van der Waals surface area contributed by atoms with Crippen molar-refractivity contribution in [2.75, 3.05) is 4.90 Å². The summed E-state index contributed by atoms with van der Waals surface area (Å²) in [6, 6.07) is 82.0. The summed E-state index contributed by atoms with van der Waals surface area (Å²) in [6.07, 6.45) is 0. The molecule has 12 rings (SSSR count). The lowest BCUT2D eigenvalue weighted by Gasteiger charge is -2.29. The fourth-order valence-electron chi connectivity index (χ4n) is 10.0. The van der Waals surface area contributed by atoms with Gasteiger partial charge in [-0.25, -0.2) is 0 Å². The third kappa shape index (κ3) is 6.12. The summed E-state index contributed by atoms with van der Waals surface area (Å²) in [4.78, 5) is 2.43. The molecule has 0 atom stereocenters. The van der Waals surface area contributed by atoms with E-state index < -0.39 is 0 Å². The molecule has 12 aromatic rings. The molecule has 0 saturated carbocycles. The molecule has 0 spiro atoms. The first-order valence-corrected chi connectivity index (χ1v) is 21.8. The minimum absolute atomic E-state index is 1.10. The van der Waals surface area contributed by atoms with Crippen molar-refractivity contribution in [2.45, 2.75) is 13.8 Å². The molecular weight excluding hydrogens is 763 g/mol. The van der Waals surface area contributed by atoms with E-state index in [0.29, 0.717) is 0 Å². The van der Waals surface area contributed by atoms with E-state index in [1.807, 2.05) is 0 Å². The zero-order chi connectivity index (χ0) is 42.0. The maximum absolute atomic E-state index is 2.43. The van der Waals surface area contributed by atoms with Crippen LogP contribution in [-0.2, 0) is 0 Å². The van der Waals surface area contributed by atoms with Crippen LogP contribution in [0.1, 0.15) is 11.1 Å². The minimum atomic E-state index is 1.10. The smallest absolute Gasteiger partial charge is 0.0541 e. The summed E-state index contributed by atoms with van der Waals surface area (Å²) in [5.41, 5.74) is 17.7. The molecule has 298 valence electrons. The Hall–Kier alpha value is -8.14. The van der Waals surface area contributed by atoms with Crippen LogP contribution in [0.4, 0.5) is 17.1 Å². The first-order valence-electron chi connectivity index (χ1n) is 21.8. The molecule has 0 aliphatic carbocycles. The van der Waals surface area contributed by atoms with Crippen LogP contribution in [0.15, 0.2) is 224 Å². The van der Waals surface area contributed by atoms with Crippen molar-refractivity contribution in [1.82, 2.24) is 9.13 Å². The van der Waals surface area contributed by atoms with E-state index >= 15 is 0 Å². The first-order chi connectivity index (χ1) is 31.1. The highest BCUT2D eigenvalue weighted by molar-refractivity contribution is 6.10. The monoisotopic (exact) mass is 805 g/mol. The molecule has 0 bridgehead atoms. The van der Waals surface area contributed by atoms with Gasteiger partial charge in [0.15, 0.2) is 0 Å². The van der Waals surface area contributed by atoms with Gasteiger partial charge in [-0.1, -0.05) is 133 Å². The summed E-state index contributed by atoms with van der Waals surface area (Å²) in [5, 5.41) is 7.55. The van der Waals surface area contributed by atoms with Crippen LogP contribution in [0.5, 0.6) is 0 Å². The molecule has 3 nitrogen and oxygen atoms in total. The Labute approximate surface area is 367 Å². The molecule has 0 unspecified atom stereocenters. The van der Waals surface area contributed by atoms with Crippen molar-refractivity contribution < 1.29 is 0 Å². The number of para-hydroxylation sites is 4. The van der Waals surface area contributed by atoms with Crippen molar-refractivity contribution in [3.8, 4) is 33.6 Å². The first kappa shape index (κ1) is 36.7. The molecule has 2 heterocycles. The molecule has 3 heteroatoms. The highest BCUT2D eigenvalue weighted by Crippen LogP contribution is 2.43. The van der Waals surface area contributed by atoms with Gasteiger partial charge in [-0.15, -0.1) is 0 Å². The molecule has 0 radical (unpaired) electrons. The number of benzene rings is 10. The molecule has 0 fully saturated rings. The molecule has 0 aliphatic rings. The van der Waals surface area contributed by atoms with Gasteiger partial charge in [0.2, 0.25) is 0 Å². The molecule has 10 aromatic carbocycles. The van der Waals surface area contributed by atoms with Gasteiger partial charge in [0, 0.05) is 44.3 Å². The largest absolute Gasteiger partial charge is 0.310 e. The van der Waals surface area contributed by atoms with Crippen LogP contribution < -0.4 is 4.90 Å². The summed E-state index contributed by atoms with van der Waals surface area (Å²) in [6.45, 7) is 4.51. The van der Waals surface area contributed by atoms with E-state index in [0.717, 1.165) is 22.7 Å². The number of anilines is 3. The molecule has 63 heavy (non-hydrogen) atoms. The number of fused-ring (bicyclic) bond motifs is 7. The molecule has 0 aliphatic heterocycles. The molecule has 0 saturated heterocycles. The molecular formula is C60H43N3. The SMILES string of the molecule is Cc1cc(-c2cccc(-n3c4ccccc4c4ccccc43)c2)cc(C)c1N(c1ccc(-c2ccc3ccccc3c2)cc1)c1ccc(-n2c3ccccc3c3ccccc32)cc1. The number of hydrogen-bond donors (Lipinski definition) is 0. The van der Waals surface area contributed by atoms with E-state index in [1.54, 1.807) is 0 Å². The Bertz CT molecular complexity index is 3570. The van der Waals surface area contributed by atoms with Gasteiger partial charge < -0.3 is 14.0 Å². The average molecular weight is 806 g/mol. The third-order valence-electron chi connectivity index (χ3n) is 12.9. The van der Waals surface area contributed by atoms with Crippen LogP contribution in [0, 0.1) is 13.8 Å². The fraction of sp³-hybridized carbons (Fsp3) is 0.0333. The molecule has 2 aromatic heterocycles. The number of nitrogens with zero attached hydrogens (tertiary/aromatic N) is 3. The lowest BCUT2D eigenvalue weighted by Crippen LogP contribution is -2.13. The van der Waals surface area contributed by atoms with Crippen molar-refractivity contribution in [3.63, 3.8) is 0 Å². The minimum Gasteiger partial charge on any atom is -0.310 e. The van der Waals surface area contributed by atoms with Gasteiger partial charge in [-0.3, -0.25) is 0 Å². The molecule has 0 N–H and O–H groups in total. The van der Waals surface area contributed by atoms with Crippen molar-refractivity contribution in [2.24, 2.45) is 0 Å². The van der Waals surface area contributed by atoms with Crippen LogP contribution in [-0.4, -0.2) is 9.13 Å². The number of rotatable bonds is 7. The third-order valence-corrected chi connectivity index (χ3v) is 12.9. The maximum Gasteiger partial charge on any atom is 0.0541 e. The molecule has 0 amide bonds. The van der Waals surface area contributed by atoms with E-state index in [2.05, 4.69) is 252 Å². The average Bonchev–Trinajstić information content (AvgIpc) is 3.86. The van der Waals surface area contributed by atoms with Crippen LogP contribution in [0.25, 0.3) is 88.0 Å². The Morgan fingerprint density at radius 3 is 1.30 bits per heavy atom. The standard InChI is InChI=1S/C60H43N3/c1-40-36-47(45-16-13-17-51(39-45)63-58-24-11-7-20-54(58)55-21-8-12-25-59(55)63)37-41(2)60(40)61(48-30-28-43(29-31-48)46-27-26-42-14-3-4-15-44(42)38-46)49-32-34-50(35-33-49)62-56-22-9-5-18-52(56)53-19-6-10-23-57(53)62/h3-39H,1-2H3. The number of hydrogen-bond acceptors (Lipinski definition) is 1. The van der Waals surface area contributed by atoms with Crippen molar-refractivity contribution in [3.05, 3.63) is 236 Å². The van der Waals surface area contributed by atoms with Gasteiger partial charge in [0.25, 0.3) is 0 Å². The summed E-state index contributed by atoms with van der Waals surface area (Å²) in [5.74, 6) is 0. The Morgan fingerprint density at radius 1 is 0.302 bits per heavy atom. The van der Waals surface area contributed by atoms with E-state index in [9.17, 15) is 0 Å². The number of aryl methyl sites for hydroxylation is 2. The highest BCUT2D eigenvalue weighted by Gasteiger charge is 2.20. The lowest BCUT2D eigenvalue weighted by molar-refractivity contribution is 1.17. The van der Waals surface area contributed by atoms with Crippen molar-refractivity contribution >= 4 is 71.4 Å². The zero-order valence-corrected chi connectivity index (χ0v) is 35.2. The van der Waals surface area contributed by atoms with Crippen LogP contribution in [0.3, 0.4) is 0 Å². The Morgan fingerprint density at radius 2 is 0.746 bits per heavy atom. The van der Waals surface area contributed by atoms with Gasteiger partial charge in [0.1, 0.15) is 0 Å².